The molecule has 2 aromatic carbocycles. The molecule has 0 aromatic heterocycles. The first-order chi connectivity index (χ1) is 8.68. The van der Waals surface area contributed by atoms with Gasteiger partial charge in [-0.15, -0.1) is 0 Å². The minimum absolute atomic E-state index is 0.527. The second-order valence-corrected chi connectivity index (χ2v) is 8.11. The van der Waals surface area contributed by atoms with Crippen molar-refractivity contribution in [3.63, 3.8) is 0 Å². The minimum Gasteiger partial charge on any atom is -0.621 e. The van der Waals surface area contributed by atoms with Crippen molar-refractivity contribution < 1.29 is 8.76 Å². The van der Waals surface area contributed by atoms with Gasteiger partial charge in [-0.25, -0.2) is 4.21 Å². The van der Waals surface area contributed by atoms with Crippen molar-refractivity contribution in [3.8, 4) is 0 Å². The first kappa shape index (κ1) is 12.2. The summed E-state index contributed by atoms with van der Waals surface area (Å²) in [7, 11) is -4.03. The third kappa shape index (κ3) is 1.56. The Morgan fingerprint density at radius 2 is 1.44 bits per heavy atom. The molecule has 2 aromatic rings. The predicted molar refractivity (Wildman–Crippen MR) is 73.6 cm³/mol. The Morgan fingerprint density at radius 1 is 1.00 bits per heavy atom. The fourth-order valence-electron chi connectivity index (χ4n) is 1.98. The van der Waals surface area contributed by atoms with Gasteiger partial charge in [-0.05, 0) is 24.3 Å². The molecule has 1 aliphatic rings. The summed E-state index contributed by atoms with van der Waals surface area (Å²) >= 11 is 2.98. The number of nitrogens with zero attached hydrogens (tertiary/aromatic N) is 1. The van der Waals surface area contributed by atoms with Gasteiger partial charge in [-0.1, -0.05) is 27.7 Å². The zero-order valence-electron chi connectivity index (χ0n) is 9.08. The highest BCUT2D eigenvalue weighted by Gasteiger charge is 2.36. The predicted octanol–water partition coefficient (Wildman–Crippen LogP) is 3.36. The van der Waals surface area contributed by atoms with E-state index in [1.165, 1.54) is 0 Å². The van der Waals surface area contributed by atoms with Gasteiger partial charge in [0.15, 0.2) is 9.79 Å². The van der Waals surface area contributed by atoms with Crippen molar-refractivity contribution in [3.05, 3.63) is 48.5 Å². The van der Waals surface area contributed by atoms with Crippen molar-refractivity contribution in [1.82, 2.24) is 0 Å². The van der Waals surface area contributed by atoms with E-state index in [4.69, 9.17) is 0 Å². The van der Waals surface area contributed by atoms with Gasteiger partial charge in [0.1, 0.15) is 16.1 Å². The van der Waals surface area contributed by atoms with Crippen LogP contribution in [0.15, 0.2) is 71.5 Å². The number of benzene rings is 2. The molecule has 18 heavy (non-hydrogen) atoms. The molecule has 92 valence electrons. The lowest BCUT2D eigenvalue weighted by molar-refractivity contribution is 0.577. The van der Waals surface area contributed by atoms with Crippen LogP contribution in [0.5, 0.6) is 0 Å². The van der Waals surface area contributed by atoms with Crippen molar-refractivity contribution in [1.29, 1.82) is 0 Å². The first-order valence-electron chi connectivity index (χ1n) is 5.16. The lowest BCUT2D eigenvalue weighted by Gasteiger charge is -2.27. The van der Waals surface area contributed by atoms with Crippen LogP contribution in [0.25, 0.3) is 0 Å². The van der Waals surface area contributed by atoms with E-state index in [1.54, 1.807) is 48.5 Å². The number of halogens is 1. The van der Waals surface area contributed by atoms with Crippen LogP contribution < -0.4 is 0 Å². The molecule has 1 aliphatic heterocycles. The molecule has 3 nitrogen and oxygen atoms in total. The normalized spacial score (nSPS) is 25.1. The van der Waals surface area contributed by atoms with Crippen LogP contribution >= 0.6 is 16.1 Å². The van der Waals surface area contributed by atoms with E-state index in [1.807, 2.05) is 0 Å². The van der Waals surface area contributed by atoms with Crippen LogP contribution in [0, 0.1) is 0 Å². The third-order valence-corrected chi connectivity index (χ3v) is 7.88. The summed E-state index contributed by atoms with van der Waals surface area (Å²) in [4.78, 5) is 2.20. The maximum absolute atomic E-state index is 13.0. The molecule has 0 N–H and O–H groups in total. The average Bonchev–Trinajstić information content (AvgIpc) is 2.45. The maximum atomic E-state index is 13.0. The second-order valence-electron chi connectivity index (χ2n) is 3.76. The van der Waals surface area contributed by atoms with Gasteiger partial charge in [0.05, 0.1) is 20.6 Å². The summed E-state index contributed by atoms with van der Waals surface area (Å²) in [5.74, 6) is 0. The Kier molecular flexibility index (Phi) is 2.97. The molecule has 1 heterocycles. The molecule has 0 saturated heterocycles. The highest BCUT2D eigenvalue weighted by molar-refractivity contribution is 9.09. The summed E-state index contributed by atoms with van der Waals surface area (Å²) in [5.41, 5.74) is 0. The molecule has 3 rings (SSSR count). The highest BCUT2D eigenvalue weighted by Crippen LogP contribution is 2.42. The summed E-state index contributed by atoms with van der Waals surface area (Å²) in [6, 6.07) is 14.0. The van der Waals surface area contributed by atoms with Gasteiger partial charge in [0.2, 0.25) is 0 Å². The van der Waals surface area contributed by atoms with Gasteiger partial charge in [0, 0.05) is 10.1 Å². The molecule has 0 fully saturated rings. The van der Waals surface area contributed by atoms with Gasteiger partial charge >= 0.3 is 0 Å². The summed E-state index contributed by atoms with van der Waals surface area (Å²) in [5, 5.41) is 0. The molecular weight excluding hydrogens is 334 g/mol. The Hall–Kier alpha value is -0.820. The number of fused-ring (bicyclic) bond motifs is 2. The lowest BCUT2D eigenvalue weighted by Crippen LogP contribution is -2.21. The highest BCUT2D eigenvalue weighted by atomic mass is 79.9. The molecule has 0 spiro atoms. The van der Waals surface area contributed by atoms with Gasteiger partial charge in [0.25, 0.3) is 0 Å². The molecule has 0 aliphatic carbocycles. The molecule has 0 saturated carbocycles. The smallest absolute Gasteiger partial charge is 0.159 e. The van der Waals surface area contributed by atoms with E-state index in [-0.39, 0.29) is 0 Å². The number of rotatable bonds is 0. The lowest BCUT2D eigenvalue weighted by atomic mass is 10.3. The number of hydrogen-bond acceptors (Lipinski definition) is 3. The summed E-state index contributed by atoms with van der Waals surface area (Å²) in [6.45, 7) is 0. The standard InChI is InChI=1S/C12H8BrNO2S2/c13-14-18(16)11-7-3-1-5-9(11)17(15)10-6-2-4-8-12(10)18/h1-8H. The maximum Gasteiger partial charge on any atom is 0.159 e. The van der Waals surface area contributed by atoms with Crippen LogP contribution in [-0.2, 0) is 20.9 Å². The first-order valence-corrected chi connectivity index (χ1v) is 8.53. The van der Waals surface area contributed by atoms with E-state index >= 15 is 0 Å². The molecule has 0 radical (unpaired) electrons. The van der Waals surface area contributed by atoms with Crippen LogP contribution in [0.3, 0.4) is 0 Å². The van der Waals surface area contributed by atoms with E-state index in [0.717, 1.165) is 0 Å². The van der Waals surface area contributed by atoms with E-state index < -0.39 is 20.9 Å². The summed E-state index contributed by atoms with van der Waals surface area (Å²) in [6.07, 6.45) is 0. The minimum atomic E-state index is -2.73. The molecule has 0 amide bonds. The zero-order valence-corrected chi connectivity index (χ0v) is 12.3. The van der Waals surface area contributed by atoms with Gasteiger partial charge in [-0.3, -0.25) is 0 Å². The molecule has 0 bridgehead atoms. The molecule has 0 unspecified atom stereocenters. The molecule has 6 heteroatoms. The average molecular weight is 342 g/mol. The van der Waals surface area contributed by atoms with Crippen LogP contribution in [0.2, 0.25) is 0 Å². The quantitative estimate of drug-likeness (QED) is 0.690. The Bertz CT molecular complexity index is 661. The number of hydrogen-bond donors (Lipinski definition) is 0. The SMILES string of the molecule is O=S1c2ccccc2[S+]([O-])(=NBr)c2ccccc21. The fourth-order valence-corrected chi connectivity index (χ4v) is 6.78. The van der Waals surface area contributed by atoms with E-state index in [0.29, 0.717) is 19.6 Å². The van der Waals surface area contributed by atoms with Crippen molar-refractivity contribution in [2.24, 2.45) is 3.39 Å². The Balaban J connectivity index is 2.46. The van der Waals surface area contributed by atoms with E-state index in [9.17, 15) is 8.76 Å². The Morgan fingerprint density at radius 3 is 1.89 bits per heavy atom. The second kappa shape index (κ2) is 4.38. The monoisotopic (exact) mass is 341 g/mol. The van der Waals surface area contributed by atoms with Crippen LogP contribution in [0.1, 0.15) is 0 Å². The topological polar surface area (TPSA) is 52.5 Å². The van der Waals surface area contributed by atoms with Gasteiger partial charge < -0.3 is 4.55 Å². The molecular formula is C12H8BrNO2S2. The largest absolute Gasteiger partial charge is 0.621 e. The van der Waals surface area contributed by atoms with E-state index in [2.05, 4.69) is 19.5 Å². The van der Waals surface area contributed by atoms with Crippen LogP contribution in [-0.4, -0.2) is 8.76 Å². The third-order valence-electron chi connectivity index (χ3n) is 2.79. The zero-order chi connectivity index (χ0) is 12.8. The van der Waals surface area contributed by atoms with Crippen molar-refractivity contribution >= 4 is 37.1 Å². The Labute approximate surface area is 117 Å². The van der Waals surface area contributed by atoms with Crippen molar-refractivity contribution in [2.45, 2.75) is 19.6 Å². The summed E-state index contributed by atoms with van der Waals surface area (Å²) < 4.78 is 29.4. The molecule has 0 atom stereocenters. The van der Waals surface area contributed by atoms with Crippen molar-refractivity contribution in [2.75, 3.05) is 0 Å². The van der Waals surface area contributed by atoms with Crippen LogP contribution in [0.4, 0.5) is 0 Å². The fraction of sp³-hybridized carbons (Fsp3) is 0. The van der Waals surface area contributed by atoms with Gasteiger partial charge in [-0.2, -0.15) is 0 Å².